The van der Waals surface area contributed by atoms with Gasteiger partial charge < -0.3 is 4.98 Å². The number of imidazole rings is 1. The molecule has 1 atom stereocenters. The van der Waals surface area contributed by atoms with Crippen molar-refractivity contribution in [2.24, 2.45) is 7.05 Å². The first kappa shape index (κ1) is 15.5. The van der Waals surface area contributed by atoms with E-state index in [9.17, 15) is 4.39 Å². The van der Waals surface area contributed by atoms with Crippen LogP contribution >= 0.6 is 0 Å². The van der Waals surface area contributed by atoms with Crippen molar-refractivity contribution in [2.75, 3.05) is 0 Å². The van der Waals surface area contributed by atoms with Gasteiger partial charge in [-0.05, 0) is 23.8 Å². The monoisotopic (exact) mass is 335 g/mol. The lowest BCUT2D eigenvalue weighted by Gasteiger charge is -2.17. The van der Waals surface area contributed by atoms with Crippen LogP contribution in [0.15, 0.2) is 55.1 Å². The van der Waals surface area contributed by atoms with Crippen molar-refractivity contribution in [3.8, 4) is 0 Å². The number of hydrogen-bond acceptors (Lipinski definition) is 3. The van der Waals surface area contributed by atoms with Crippen molar-refractivity contribution in [2.45, 2.75) is 19.0 Å². The number of alkyl halides is 1. The summed E-state index contributed by atoms with van der Waals surface area (Å²) in [5.74, 6) is 0.0396. The zero-order valence-electron chi connectivity index (χ0n) is 13.9. The SMILES string of the molecule is Cn1ncc2c(C(Cc3cccc(CF)n3)c3cnc[nH]3)cccc21. The minimum atomic E-state index is -0.555. The maximum Gasteiger partial charge on any atom is 0.131 e. The predicted molar refractivity (Wildman–Crippen MR) is 93.9 cm³/mol. The molecule has 0 saturated carbocycles. The molecule has 4 aromatic rings. The lowest BCUT2D eigenvalue weighted by molar-refractivity contribution is 0.474. The minimum Gasteiger partial charge on any atom is -0.348 e. The third-order valence-electron chi connectivity index (χ3n) is 4.51. The van der Waals surface area contributed by atoms with Crippen LogP contribution in [-0.2, 0) is 20.1 Å². The molecule has 1 unspecified atom stereocenters. The Kier molecular flexibility index (Phi) is 4.01. The molecule has 25 heavy (non-hydrogen) atoms. The Bertz CT molecular complexity index is 990. The first-order valence-corrected chi connectivity index (χ1v) is 8.16. The first-order chi connectivity index (χ1) is 12.3. The second kappa shape index (κ2) is 6.47. The Morgan fingerprint density at radius 2 is 1.96 bits per heavy atom. The molecule has 3 aromatic heterocycles. The fourth-order valence-electron chi connectivity index (χ4n) is 3.27. The van der Waals surface area contributed by atoms with Gasteiger partial charge >= 0.3 is 0 Å². The van der Waals surface area contributed by atoms with Crippen molar-refractivity contribution in [3.63, 3.8) is 0 Å². The van der Waals surface area contributed by atoms with Crippen LogP contribution < -0.4 is 0 Å². The van der Waals surface area contributed by atoms with Gasteiger partial charge in [-0.2, -0.15) is 5.10 Å². The molecule has 4 rings (SSSR count). The highest BCUT2D eigenvalue weighted by atomic mass is 19.1. The van der Waals surface area contributed by atoms with E-state index in [0.29, 0.717) is 12.1 Å². The Labute approximate surface area is 144 Å². The summed E-state index contributed by atoms with van der Waals surface area (Å²) in [6, 6.07) is 11.7. The molecule has 0 aliphatic heterocycles. The summed E-state index contributed by atoms with van der Waals surface area (Å²) in [7, 11) is 1.93. The van der Waals surface area contributed by atoms with E-state index >= 15 is 0 Å². The highest BCUT2D eigenvalue weighted by Crippen LogP contribution is 2.32. The topological polar surface area (TPSA) is 59.4 Å². The zero-order chi connectivity index (χ0) is 17.2. The van der Waals surface area contributed by atoms with E-state index in [-0.39, 0.29) is 5.92 Å². The van der Waals surface area contributed by atoms with E-state index < -0.39 is 6.67 Å². The van der Waals surface area contributed by atoms with Crippen LogP contribution in [0.5, 0.6) is 0 Å². The van der Waals surface area contributed by atoms with E-state index in [1.165, 1.54) is 0 Å². The molecule has 0 spiro atoms. The smallest absolute Gasteiger partial charge is 0.131 e. The maximum absolute atomic E-state index is 13.0. The van der Waals surface area contributed by atoms with E-state index in [1.54, 1.807) is 12.4 Å². The van der Waals surface area contributed by atoms with Gasteiger partial charge in [0.05, 0.1) is 23.7 Å². The number of pyridine rings is 1. The molecule has 5 nitrogen and oxygen atoms in total. The average Bonchev–Trinajstić information content (AvgIpc) is 3.30. The van der Waals surface area contributed by atoms with Gasteiger partial charge in [0, 0.05) is 42.4 Å². The summed E-state index contributed by atoms with van der Waals surface area (Å²) in [5, 5.41) is 5.48. The molecule has 0 fully saturated rings. The highest BCUT2D eigenvalue weighted by Gasteiger charge is 2.20. The van der Waals surface area contributed by atoms with Crippen LogP contribution in [0.25, 0.3) is 10.9 Å². The van der Waals surface area contributed by atoms with Gasteiger partial charge in [0.25, 0.3) is 0 Å². The van der Waals surface area contributed by atoms with Gasteiger partial charge in [-0.25, -0.2) is 9.37 Å². The van der Waals surface area contributed by atoms with Gasteiger partial charge in [0.15, 0.2) is 0 Å². The van der Waals surface area contributed by atoms with Crippen LogP contribution in [0.3, 0.4) is 0 Å². The van der Waals surface area contributed by atoms with Crippen LogP contribution in [0.2, 0.25) is 0 Å². The third kappa shape index (κ3) is 2.91. The van der Waals surface area contributed by atoms with Crippen LogP contribution in [-0.4, -0.2) is 24.7 Å². The van der Waals surface area contributed by atoms with Crippen molar-refractivity contribution in [1.29, 1.82) is 0 Å². The summed E-state index contributed by atoms with van der Waals surface area (Å²) in [4.78, 5) is 11.8. The molecule has 0 aliphatic carbocycles. The number of fused-ring (bicyclic) bond motifs is 1. The first-order valence-electron chi connectivity index (χ1n) is 8.16. The number of aromatic amines is 1. The molecule has 0 saturated heterocycles. The molecular weight excluding hydrogens is 317 g/mol. The molecule has 0 radical (unpaired) electrons. The molecule has 0 aliphatic rings. The standard InChI is InChI=1S/C19H18FN5/c1-25-19-7-3-6-15(17(19)10-23-25)16(18-11-21-12-22-18)8-13-4-2-5-14(9-20)24-13/h2-7,10-12,16H,8-9H2,1H3,(H,21,22). The molecular formula is C19H18FN5. The highest BCUT2D eigenvalue weighted by molar-refractivity contribution is 5.83. The third-order valence-corrected chi connectivity index (χ3v) is 4.51. The van der Waals surface area contributed by atoms with E-state index in [4.69, 9.17) is 0 Å². The summed E-state index contributed by atoms with van der Waals surface area (Å²) in [6.45, 7) is -0.555. The lowest BCUT2D eigenvalue weighted by atomic mass is 9.89. The van der Waals surface area contributed by atoms with Gasteiger partial charge in [-0.1, -0.05) is 18.2 Å². The Morgan fingerprint density at radius 1 is 1.12 bits per heavy atom. The van der Waals surface area contributed by atoms with Crippen LogP contribution in [0.1, 0.15) is 28.6 Å². The zero-order valence-corrected chi connectivity index (χ0v) is 13.9. The summed E-state index contributed by atoms with van der Waals surface area (Å²) in [6.07, 6.45) is 6.06. The molecule has 0 amide bonds. The van der Waals surface area contributed by atoms with E-state index in [0.717, 1.165) is 27.9 Å². The number of nitrogens with zero attached hydrogens (tertiary/aromatic N) is 4. The van der Waals surface area contributed by atoms with Gasteiger partial charge in [-0.3, -0.25) is 9.67 Å². The van der Waals surface area contributed by atoms with Crippen molar-refractivity contribution in [1.82, 2.24) is 24.7 Å². The summed E-state index contributed by atoms with van der Waals surface area (Å²) in [5.41, 5.74) is 4.55. The number of benzene rings is 1. The molecule has 126 valence electrons. The largest absolute Gasteiger partial charge is 0.348 e. The fraction of sp³-hybridized carbons (Fsp3) is 0.211. The number of aromatic nitrogens is 5. The number of nitrogens with one attached hydrogen (secondary N) is 1. The molecule has 1 aromatic carbocycles. The second-order valence-corrected chi connectivity index (χ2v) is 6.07. The Balaban J connectivity index is 1.81. The Hall–Kier alpha value is -3.02. The minimum absolute atomic E-state index is 0.0396. The number of H-pyrrole nitrogens is 1. The van der Waals surface area contributed by atoms with E-state index in [1.807, 2.05) is 42.3 Å². The van der Waals surface area contributed by atoms with Crippen molar-refractivity contribution < 1.29 is 4.39 Å². The van der Waals surface area contributed by atoms with Crippen LogP contribution in [0.4, 0.5) is 4.39 Å². The molecule has 6 heteroatoms. The summed E-state index contributed by atoms with van der Waals surface area (Å²) >= 11 is 0. The number of rotatable bonds is 5. The van der Waals surface area contributed by atoms with Gasteiger partial charge in [-0.15, -0.1) is 0 Å². The lowest BCUT2D eigenvalue weighted by Crippen LogP contribution is -2.08. The fourth-order valence-corrected chi connectivity index (χ4v) is 3.27. The maximum atomic E-state index is 13.0. The molecule has 0 bridgehead atoms. The van der Waals surface area contributed by atoms with Crippen molar-refractivity contribution >= 4 is 10.9 Å². The normalized spacial score (nSPS) is 12.6. The number of halogens is 1. The van der Waals surface area contributed by atoms with Crippen molar-refractivity contribution in [3.05, 3.63) is 77.8 Å². The quantitative estimate of drug-likeness (QED) is 0.607. The predicted octanol–water partition coefficient (Wildman–Crippen LogP) is 3.54. The second-order valence-electron chi connectivity index (χ2n) is 6.07. The van der Waals surface area contributed by atoms with Gasteiger partial charge in [0.2, 0.25) is 0 Å². The Morgan fingerprint density at radius 3 is 2.76 bits per heavy atom. The molecule has 1 N–H and O–H groups in total. The summed E-state index contributed by atoms with van der Waals surface area (Å²) < 4.78 is 14.8. The van der Waals surface area contributed by atoms with Crippen LogP contribution in [0, 0.1) is 0 Å². The number of hydrogen-bond donors (Lipinski definition) is 1. The average molecular weight is 335 g/mol. The number of aryl methyl sites for hydroxylation is 1. The van der Waals surface area contributed by atoms with Gasteiger partial charge in [0.1, 0.15) is 6.67 Å². The molecule has 3 heterocycles. The van der Waals surface area contributed by atoms with E-state index in [2.05, 4.69) is 32.2 Å².